The summed E-state index contributed by atoms with van der Waals surface area (Å²) in [6.07, 6.45) is 3.54. The summed E-state index contributed by atoms with van der Waals surface area (Å²) in [5, 5.41) is 0. The lowest BCUT2D eigenvalue weighted by molar-refractivity contribution is 0.809. The molecule has 0 aliphatic rings. The minimum atomic E-state index is 0.543. The smallest absolute Gasteiger partial charge is 0.125 e. The van der Waals surface area contributed by atoms with Crippen LogP contribution in [0.15, 0.2) is 42.7 Å². The van der Waals surface area contributed by atoms with Gasteiger partial charge in [0.25, 0.3) is 0 Å². The van der Waals surface area contributed by atoms with Gasteiger partial charge in [0.1, 0.15) is 5.82 Å². The Morgan fingerprint density at radius 1 is 1.18 bits per heavy atom. The SMILES string of the molecule is CCN(Cc1ccccn1)c1ccnc(N)c1. The van der Waals surface area contributed by atoms with Gasteiger partial charge >= 0.3 is 0 Å². The minimum Gasteiger partial charge on any atom is -0.384 e. The maximum Gasteiger partial charge on any atom is 0.125 e. The third kappa shape index (κ3) is 2.93. The highest BCUT2D eigenvalue weighted by Gasteiger charge is 2.06. The average molecular weight is 228 g/mol. The van der Waals surface area contributed by atoms with E-state index in [1.807, 2.05) is 36.5 Å². The molecule has 0 aliphatic carbocycles. The van der Waals surface area contributed by atoms with Gasteiger partial charge in [-0.2, -0.15) is 0 Å². The van der Waals surface area contributed by atoms with E-state index in [0.717, 1.165) is 24.5 Å². The Labute approximate surface area is 101 Å². The number of rotatable bonds is 4. The van der Waals surface area contributed by atoms with E-state index in [1.54, 1.807) is 6.20 Å². The fourth-order valence-corrected chi connectivity index (χ4v) is 1.71. The molecule has 88 valence electrons. The first-order valence-corrected chi connectivity index (χ1v) is 5.66. The number of pyridine rings is 2. The molecule has 2 heterocycles. The first kappa shape index (κ1) is 11.4. The molecule has 0 saturated carbocycles. The molecule has 2 aromatic heterocycles. The van der Waals surface area contributed by atoms with E-state index in [-0.39, 0.29) is 0 Å². The van der Waals surface area contributed by atoms with Gasteiger partial charge in [-0.15, -0.1) is 0 Å². The standard InChI is InChI=1S/C13H16N4/c1-2-17(10-11-5-3-4-7-15-11)12-6-8-16-13(14)9-12/h3-9H,2,10H2,1H3,(H2,14,16). The van der Waals surface area contributed by atoms with Gasteiger partial charge in [-0.3, -0.25) is 4.98 Å². The van der Waals surface area contributed by atoms with Gasteiger partial charge in [0.15, 0.2) is 0 Å². The van der Waals surface area contributed by atoms with Crippen molar-refractivity contribution in [2.24, 2.45) is 0 Å². The maximum absolute atomic E-state index is 5.69. The quantitative estimate of drug-likeness (QED) is 0.870. The monoisotopic (exact) mass is 228 g/mol. The van der Waals surface area contributed by atoms with E-state index in [1.165, 1.54) is 0 Å². The number of hydrogen-bond donors (Lipinski definition) is 1. The number of anilines is 2. The fourth-order valence-electron chi connectivity index (χ4n) is 1.71. The van der Waals surface area contributed by atoms with Crippen LogP contribution >= 0.6 is 0 Å². The van der Waals surface area contributed by atoms with Crippen LogP contribution in [-0.4, -0.2) is 16.5 Å². The van der Waals surface area contributed by atoms with Crippen LogP contribution in [0.5, 0.6) is 0 Å². The van der Waals surface area contributed by atoms with Crippen molar-refractivity contribution in [3.8, 4) is 0 Å². The molecule has 0 unspecified atom stereocenters. The molecule has 0 amide bonds. The number of hydrogen-bond acceptors (Lipinski definition) is 4. The van der Waals surface area contributed by atoms with E-state index in [9.17, 15) is 0 Å². The highest BCUT2D eigenvalue weighted by atomic mass is 15.1. The zero-order chi connectivity index (χ0) is 12.1. The summed E-state index contributed by atoms with van der Waals surface area (Å²) in [5.74, 6) is 0.543. The third-order valence-electron chi connectivity index (χ3n) is 2.59. The van der Waals surface area contributed by atoms with Crippen molar-refractivity contribution in [2.75, 3.05) is 17.2 Å². The molecule has 0 aromatic carbocycles. The number of nitrogen functional groups attached to an aromatic ring is 1. The van der Waals surface area contributed by atoms with Gasteiger partial charge in [-0.1, -0.05) is 6.07 Å². The topological polar surface area (TPSA) is 55.0 Å². The molecular formula is C13H16N4. The Morgan fingerprint density at radius 2 is 2.06 bits per heavy atom. The summed E-state index contributed by atoms with van der Waals surface area (Å²) in [4.78, 5) is 10.5. The summed E-state index contributed by atoms with van der Waals surface area (Å²) in [6, 6.07) is 9.78. The van der Waals surface area contributed by atoms with Gasteiger partial charge in [0, 0.05) is 30.7 Å². The van der Waals surface area contributed by atoms with Crippen molar-refractivity contribution in [3.05, 3.63) is 48.4 Å². The lowest BCUT2D eigenvalue weighted by Crippen LogP contribution is -2.22. The van der Waals surface area contributed by atoms with Gasteiger partial charge in [0.05, 0.1) is 12.2 Å². The Hall–Kier alpha value is -2.10. The van der Waals surface area contributed by atoms with Crippen LogP contribution in [0.2, 0.25) is 0 Å². The first-order valence-electron chi connectivity index (χ1n) is 5.66. The molecule has 4 nitrogen and oxygen atoms in total. The summed E-state index contributed by atoms with van der Waals surface area (Å²) in [7, 11) is 0. The van der Waals surface area contributed by atoms with Crippen molar-refractivity contribution < 1.29 is 0 Å². The van der Waals surface area contributed by atoms with Gasteiger partial charge in [-0.25, -0.2) is 4.98 Å². The van der Waals surface area contributed by atoms with E-state index in [2.05, 4.69) is 21.8 Å². The summed E-state index contributed by atoms with van der Waals surface area (Å²) in [6.45, 7) is 3.79. The third-order valence-corrected chi connectivity index (χ3v) is 2.59. The molecule has 0 fully saturated rings. The highest BCUT2D eigenvalue weighted by molar-refractivity contribution is 5.52. The molecule has 2 rings (SSSR count). The van der Waals surface area contributed by atoms with Crippen molar-refractivity contribution in [3.63, 3.8) is 0 Å². The van der Waals surface area contributed by atoms with Gasteiger partial charge in [0.2, 0.25) is 0 Å². The van der Waals surface area contributed by atoms with Crippen molar-refractivity contribution in [1.29, 1.82) is 0 Å². The Balaban J connectivity index is 2.17. The van der Waals surface area contributed by atoms with Crippen molar-refractivity contribution >= 4 is 11.5 Å². The Morgan fingerprint density at radius 3 is 2.71 bits per heavy atom. The molecule has 2 N–H and O–H groups in total. The predicted molar refractivity (Wildman–Crippen MR) is 69.6 cm³/mol. The lowest BCUT2D eigenvalue weighted by Gasteiger charge is -2.22. The minimum absolute atomic E-state index is 0.543. The largest absolute Gasteiger partial charge is 0.384 e. The molecule has 0 radical (unpaired) electrons. The molecule has 17 heavy (non-hydrogen) atoms. The molecule has 0 bridgehead atoms. The first-order chi connectivity index (χ1) is 8.29. The van der Waals surface area contributed by atoms with Gasteiger partial charge < -0.3 is 10.6 Å². The maximum atomic E-state index is 5.69. The zero-order valence-electron chi connectivity index (χ0n) is 9.87. The average Bonchev–Trinajstić information content (AvgIpc) is 2.37. The van der Waals surface area contributed by atoms with Crippen LogP contribution in [0.3, 0.4) is 0 Å². The van der Waals surface area contributed by atoms with Crippen LogP contribution in [0.4, 0.5) is 11.5 Å². The molecule has 2 aromatic rings. The van der Waals surface area contributed by atoms with Crippen molar-refractivity contribution in [2.45, 2.75) is 13.5 Å². The summed E-state index contributed by atoms with van der Waals surface area (Å²) >= 11 is 0. The highest BCUT2D eigenvalue weighted by Crippen LogP contribution is 2.17. The zero-order valence-corrected chi connectivity index (χ0v) is 9.87. The predicted octanol–water partition coefficient (Wildman–Crippen LogP) is 2.09. The fraction of sp³-hybridized carbons (Fsp3) is 0.231. The van der Waals surface area contributed by atoms with Crippen LogP contribution in [0.25, 0.3) is 0 Å². The van der Waals surface area contributed by atoms with Crippen LogP contribution in [0.1, 0.15) is 12.6 Å². The van der Waals surface area contributed by atoms with Crippen LogP contribution in [-0.2, 0) is 6.54 Å². The van der Waals surface area contributed by atoms with E-state index < -0.39 is 0 Å². The van der Waals surface area contributed by atoms with Gasteiger partial charge in [-0.05, 0) is 25.1 Å². The Bertz CT molecular complexity index is 470. The molecule has 0 atom stereocenters. The second kappa shape index (κ2) is 5.30. The van der Waals surface area contributed by atoms with Crippen LogP contribution in [0, 0.1) is 0 Å². The molecule has 4 heteroatoms. The van der Waals surface area contributed by atoms with Crippen molar-refractivity contribution in [1.82, 2.24) is 9.97 Å². The van der Waals surface area contributed by atoms with E-state index >= 15 is 0 Å². The second-order valence-corrected chi connectivity index (χ2v) is 3.77. The Kier molecular flexibility index (Phi) is 3.55. The van der Waals surface area contributed by atoms with E-state index in [0.29, 0.717) is 5.82 Å². The van der Waals surface area contributed by atoms with Crippen LogP contribution < -0.4 is 10.6 Å². The lowest BCUT2D eigenvalue weighted by atomic mass is 10.3. The number of nitrogens with zero attached hydrogens (tertiary/aromatic N) is 3. The molecule has 0 saturated heterocycles. The summed E-state index contributed by atoms with van der Waals surface area (Å²) in [5.41, 5.74) is 7.81. The molecule has 0 spiro atoms. The number of aromatic nitrogens is 2. The molecular weight excluding hydrogens is 212 g/mol. The number of nitrogens with two attached hydrogens (primary N) is 1. The normalized spacial score (nSPS) is 10.2. The second-order valence-electron chi connectivity index (χ2n) is 3.77. The van der Waals surface area contributed by atoms with E-state index in [4.69, 9.17) is 5.73 Å². The summed E-state index contributed by atoms with van der Waals surface area (Å²) < 4.78 is 0. The molecule has 0 aliphatic heterocycles.